The van der Waals surface area contributed by atoms with Crippen LogP contribution in [0.2, 0.25) is 0 Å². The lowest BCUT2D eigenvalue weighted by Crippen LogP contribution is -2.32. The Kier molecular flexibility index (Phi) is 3.22. The molecule has 1 atom stereocenters. The average Bonchev–Trinajstić information content (AvgIpc) is 2.03. The highest BCUT2D eigenvalue weighted by Crippen LogP contribution is 2.31. The Morgan fingerprint density at radius 1 is 1.33 bits per heavy atom. The van der Waals surface area contributed by atoms with Crippen molar-refractivity contribution in [3.8, 4) is 0 Å². The standard InChI is InChI=1S/C10H18OS/c1-10(2,3)9(11)8-6-4-5-7-12-8/h8H,4-7H2,1-3H3. The number of thioether (sulfide) groups is 1. The fourth-order valence-corrected chi connectivity index (χ4v) is 2.92. The fourth-order valence-electron chi connectivity index (χ4n) is 1.43. The Labute approximate surface area is 79.3 Å². The van der Waals surface area contributed by atoms with Gasteiger partial charge in [0, 0.05) is 5.41 Å². The molecule has 0 bridgehead atoms. The van der Waals surface area contributed by atoms with Crippen LogP contribution in [-0.2, 0) is 4.79 Å². The Morgan fingerprint density at radius 2 is 2.00 bits per heavy atom. The molecule has 1 fully saturated rings. The third-order valence-electron chi connectivity index (χ3n) is 2.21. The van der Waals surface area contributed by atoms with E-state index < -0.39 is 0 Å². The van der Waals surface area contributed by atoms with Crippen LogP contribution in [0.5, 0.6) is 0 Å². The second-order valence-corrected chi connectivity index (χ2v) is 5.78. The zero-order valence-corrected chi connectivity index (χ0v) is 9.04. The van der Waals surface area contributed by atoms with Gasteiger partial charge in [-0.3, -0.25) is 4.79 Å². The van der Waals surface area contributed by atoms with Crippen LogP contribution < -0.4 is 0 Å². The predicted molar refractivity (Wildman–Crippen MR) is 54.6 cm³/mol. The molecule has 0 aliphatic carbocycles. The van der Waals surface area contributed by atoms with Gasteiger partial charge < -0.3 is 0 Å². The van der Waals surface area contributed by atoms with Gasteiger partial charge in [0.05, 0.1) is 5.25 Å². The minimum Gasteiger partial charge on any atom is -0.298 e. The van der Waals surface area contributed by atoms with Gasteiger partial charge in [-0.1, -0.05) is 27.2 Å². The third-order valence-corrected chi connectivity index (χ3v) is 3.59. The molecule has 1 nitrogen and oxygen atoms in total. The molecule has 0 saturated carbocycles. The summed E-state index contributed by atoms with van der Waals surface area (Å²) in [4.78, 5) is 11.8. The Balaban J connectivity index is 2.51. The maximum absolute atomic E-state index is 11.8. The molecule has 1 unspecified atom stereocenters. The van der Waals surface area contributed by atoms with Gasteiger partial charge in [0.2, 0.25) is 0 Å². The van der Waals surface area contributed by atoms with Gasteiger partial charge in [-0.25, -0.2) is 0 Å². The molecule has 0 amide bonds. The number of Topliss-reactive ketones (excluding diaryl/α,β-unsaturated/α-hetero) is 1. The summed E-state index contributed by atoms with van der Waals surface area (Å²) in [6.07, 6.45) is 3.62. The van der Waals surface area contributed by atoms with E-state index in [1.54, 1.807) is 0 Å². The Morgan fingerprint density at radius 3 is 2.42 bits per heavy atom. The highest BCUT2D eigenvalue weighted by atomic mass is 32.2. The number of ketones is 1. The summed E-state index contributed by atoms with van der Waals surface area (Å²) in [6.45, 7) is 6.06. The third kappa shape index (κ3) is 2.51. The van der Waals surface area contributed by atoms with Gasteiger partial charge in [-0.2, -0.15) is 11.8 Å². The van der Waals surface area contributed by atoms with E-state index in [0.717, 1.165) is 6.42 Å². The van der Waals surface area contributed by atoms with E-state index in [4.69, 9.17) is 0 Å². The lowest BCUT2D eigenvalue weighted by Gasteiger charge is -2.26. The summed E-state index contributed by atoms with van der Waals surface area (Å²) >= 11 is 1.85. The quantitative estimate of drug-likeness (QED) is 0.626. The molecule has 0 aromatic rings. The molecular weight excluding hydrogens is 168 g/mol. The average molecular weight is 186 g/mol. The lowest BCUT2D eigenvalue weighted by molar-refractivity contribution is -0.125. The first-order chi connectivity index (χ1) is 5.52. The second-order valence-electron chi connectivity index (χ2n) is 4.47. The summed E-state index contributed by atoms with van der Waals surface area (Å²) in [5.41, 5.74) is -0.144. The van der Waals surface area contributed by atoms with E-state index >= 15 is 0 Å². The molecule has 0 N–H and O–H groups in total. The van der Waals surface area contributed by atoms with E-state index in [0.29, 0.717) is 11.0 Å². The van der Waals surface area contributed by atoms with Crippen molar-refractivity contribution >= 4 is 17.5 Å². The molecule has 0 aromatic heterocycles. The summed E-state index contributed by atoms with van der Waals surface area (Å²) < 4.78 is 0. The number of hydrogen-bond donors (Lipinski definition) is 0. The van der Waals surface area contributed by atoms with Crippen molar-refractivity contribution in [1.82, 2.24) is 0 Å². The van der Waals surface area contributed by atoms with Crippen LogP contribution in [-0.4, -0.2) is 16.8 Å². The summed E-state index contributed by atoms with van der Waals surface area (Å²) in [7, 11) is 0. The van der Waals surface area contributed by atoms with Gasteiger partial charge in [-0.05, 0) is 18.6 Å². The zero-order valence-electron chi connectivity index (χ0n) is 8.22. The monoisotopic (exact) mass is 186 g/mol. The molecular formula is C10H18OS. The first-order valence-corrected chi connectivity index (χ1v) is 5.72. The van der Waals surface area contributed by atoms with Crippen LogP contribution >= 0.6 is 11.8 Å². The van der Waals surface area contributed by atoms with Crippen molar-refractivity contribution in [3.05, 3.63) is 0 Å². The molecule has 2 heteroatoms. The number of carbonyl (C=O) groups excluding carboxylic acids is 1. The molecule has 0 radical (unpaired) electrons. The minimum atomic E-state index is -0.144. The van der Waals surface area contributed by atoms with Crippen LogP contribution in [0.1, 0.15) is 40.0 Å². The molecule has 0 spiro atoms. The summed E-state index contributed by atoms with van der Waals surface area (Å²) in [6, 6.07) is 0. The number of hydrogen-bond acceptors (Lipinski definition) is 2. The van der Waals surface area contributed by atoms with Gasteiger partial charge in [0.15, 0.2) is 5.78 Å². The largest absolute Gasteiger partial charge is 0.298 e. The van der Waals surface area contributed by atoms with E-state index in [9.17, 15) is 4.79 Å². The smallest absolute Gasteiger partial charge is 0.151 e. The van der Waals surface area contributed by atoms with Crippen molar-refractivity contribution in [2.75, 3.05) is 5.75 Å². The lowest BCUT2D eigenvalue weighted by atomic mass is 9.87. The molecule has 0 aromatic carbocycles. The molecule has 70 valence electrons. The van der Waals surface area contributed by atoms with Crippen molar-refractivity contribution in [1.29, 1.82) is 0 Å². The predicted octanol–water partition coefficient (Wildman–Crippen LogP) is 2.89. The summed E-state index contributed by atoms with van der Waals surface area (Å²) in [5.74, 6) is 1.61. The SMILES string of the molecule is CC(C)(C)C(=O)C1CCCCS1. The second kappa shape index (κ2) is 3.82. The van der Waals surface area contributed by atoms with Gasteiger partial charge >= 0.3 is 0 Å². The van der Waals surface area contributed by atoms with Crippen LogP contribution in [0.15, 0.2) is 0 Å². The summed E-state index contributed by atoms with van der Waals surface area (Å²) in [5, 5.41) is 0.291. The first kappa shape index (κ1) is 10.1. The topological polar surface area (TPSA) is 17.1 Å². The molecule has 1 aliphatic rings. The molecule has 1 aliphatic heterocycles. The van der Waals surface area contributed by atoms with Gasteiger partial charge in [-0.15, -0.1) is 0 Å². The number of carbonyl (C=O) groups is 1. The zero-order chi connectivity index (χ0) is 9.19. The molecule has 1 rings (SSSR count). The highest BCUT2D eigenvalue weighted by molar-refractivity contribution is 8.00. The molecule has 1 heterocycles. The van der Waals surface area contributed by atoms with E-state index in [1.165, 1.54) is 18.6 Å². The maximum Gasteiger partial charge on any atom is 0.151 e. The van der Waals surface area contributed by atoms with E-state index in [2.05, 4.69) is 0 Å². The van der Waals surface area contributed by atoms with Crippen LogP contribution in [0.4, 0.5) is 0 Å². The minimum absolute atomic E-state index is 0.144. The maximum atomic E-state index is 11.8. The van der Waals surface area contributed by atoms with Crippen LogP contribution in [0, 0.1) is 5.41 Å². The van der Waals surface area contributed by atoms with E-state index in [1.807, 2.05) is 32.5 Å². The highest BCUT2D eigenvalue weighted by Gasteiger charge is 2.30. The van der Waals surface area contributed by atoms with Gasteiger partial charge in [0.25, 0.3) is 0 Å². The number of rotatable bonds is 1. The van der Waals surface area contributed by atoms with Crippen LogP contribution in [0.3, 0.4) is 0 Å². The van der Waals surface area contributed by atoms with Crippen molar-refractivity contribution in [2.24, 2.45) is 5.41 Å². The van der Waals surface area contributed by atoms with Crippen molar-refractivity contribution < 1.29 is 4.79 Å². The Bertz CT molecular complexity index is 163. The molecule has 1 saturated heterocycles. The van der Waals surface area contributed by atoms with Crippen molar-refractivity contribution in [3.63, 3.8) is 0 Å². The first-order valence-electron chi connectivity index (χ1n) is 4.68. The molecule has 12 heavy (non-hydrogen) atoms. The van der Waals surface area contributed by atoms with E-state index in [-0.39, 0.29) is 5.41 Å². The van der Waals surface area contributed by atoms with Crippen LogP contribution in [0.25, 0.3) is 0 Å². The van der Waals surface area contributed by atoms with Crippen molar-refractivity contribution in [2.45, 2.75) is 45.3 Å². The fraction of sp³-hybridized carbons (Fsp3) is 0.900. The normalized spacial score (nSPS) is 25.4. The van der Waals surface area contributed by atoms with Gasteiger partial charge in [0.1, 0.15) is 0 Å². The Hall–Kier alpha value is 0.0200.